The number of hydrogen-bond acceptors (Lipinski definition) is 5. The SMILES string of the molecule is O=C(CNc1cccc(C(=O)NC2CCCCC2)c1)Nc1cccc(C(=O)N2CCOCC2)c1. The van der Waals surface area contributed by atoms with E-state index in [1.54, 1.807) is 47.4 Å². The number of nitrogens with zero attached hydrogens (tertiary/aromatic N) is 1. The molecule has 0 atom stereocenters. The van der Waals surface area contributed by atoms with Crippen molar-refractivity contribution in [2.75, 3.05) is 43.5 Å². The van der Waals surface area contributed by atoms with Crippen LogP contribution in [0.3, 0.4) is 0 Å². The molecule has 8 heteroatoms. The van der Waals surface area contributed by atoms with Crippen molar-refractivity contribution in [1.82, 2.24) is 10.2 Å². The molecular formula is C26H32N4O4. The van der Waals surface area contributed by atoms with E-state index in [0.29, 0.717) is 48.8 Å². The van der Waals surface area contributed by atoms with Crippen molar-refractivity contribution in [3.05, 3.63) is 59.7 Å². The number of ether oxygens (including phenoxy) is 1. The summed E-state index contributed by atoms with van der Waals surface area (Å²) in [5.41, 5.74) is 2.36. The molecule has 0 unspecified atom stereocenters. The molecule has 2 aromatic carbocycles. The molecule has 0 aromatic heterocycles. The Kier molecular flexibility index (Phi) is 8.14. The lowest BCUT2D eigenvalue weighted by atomic mass is 9.95. The Hall–Kier alpha value is -3.39. The zero-order valence-electron chi connectivity index (χ0n) is 19.3. The molecular weight excluding hydrogens is 432 g/mol. The van der Waals surface area contributed by atoms with Gasteiger partial charge in [0.1, 0.15) is 0 Å². The average molecular weight is 465 g/mol. The van der Waals surface area contributed by atoms with Gasteiger partial charge in [0.05, 0.1) is 19.8 Å². The highest BCUT2D eigenvalue weighted by molar-refractivity contribution is 5.98. The third kappa shape index (κ3) is 6.57. The van der Waals surface area contributed by atoms with E-state index in [1.807, 2.05) is 6.07 Å². The molecule has 2 aromatic rings. The largest absolute Gasteiger partial charge is 0.378 e. The van der Waals surface area contributed by atoms with Crippen LogP contribution in [0.15, 0.2) is 48.5 Å². The fraction of sp³-hybridized carbons (Fsp3) is 0.423. The van der Waals surface area contributed by atoms with Gasteiger partial charge in [0.25, 0.3) is 11.8 Å². The number of morpholine rings is 1. The molecule has 180 valence electrons. The van der Waals surface area contributed by atoms with Gasteiger partial charge in [-0.25, -0.2) is 0 Å². The van der Waals surface area contributed by atoms with Gasteiger partial charge in [0.2, 0.25) is 5.91 Å². The van der Waals surface area contributed by atoms with Crippen LogP contribution in [0.2, 0.25) is 0 Å². The van der Waals surface area contributed by atoms with Crippen molar-refractivity contribution < 1.29 is 19.1 Å². The first-order valence-electron chi connectivity index (χ1n) is 12.0. The Balaban J connectivity index is 1.29. The molecule has 2 fully saturated rings. The lowest BCUT2D eigenvalue weighted by Crippen LogP contribution is -2.40. The van der Waals surface area contributed by atoms with Crippen LogP contribution in [-0.2, 0) is 9.53 Å². The minimum atomic E-state index is -0.243. The third-order valence-corrected chi connectivity index (χ3v) is 6.21. The predicted octanol–water partition coefficient (Wildman–Crippen LogP) is 3.27. The summed E-state index contributed by atoms with van der Waals surface area (Å²) in [5.74, 6) is -0.393. The molecule has 34 heavy (non-hydrogen) atoms. The number of carbonyl (C=O) groups excluding carboxylic acids is 3. The third-order valence-electron chi connectivity index (χ3n) is 6.21. The molecule has 3 N–H and O–H groups in total. The first-order valence-corrected chi connectivity index (χ1v) is 12.0. The predicted molar refractivity (Wildman–Crippen MR) is 131 cm³/mol. The summed E-state index contributed by atoms with van der Waals surface area (Å²) in [6.07, 6.45) is 5.62. The zero-order chi connectivity index (χ0) is 23.8. The maximum Gasteiger partial charge on any atom is 0.254 e. The second-order valence-electron chi connectivity index (χ2n) is 8.78. The van der Waals surface area contributed by atoms with Gasteiger partial charge in [0.15, 0.2) is 0 Å². The summed E-state index contributed by atoms with van der Waals surface area (Å²) >= 11 is 0. The van der Waals surface area contributed by atoms with E-state index < -0.39 is 0 Å². The number of benzene rings is 2. The van der Waals surface area contributed by atoms with E-state index in [9.17, 15) is 14.4 Å². The summed E-state index contributed by atoms with van der Waals surface area (Å²) in [6, 6.07) is 14.3. The Morgan fingerprint density at radius 1 is 0.882 bits per heavy atom. The van der Waals surface area contributed by atoms with Crippen LogP contribution in [0, 0.1) is 0 Å². The number of anilines is 2. The summed E-state index contributed by atoms with van der Waals surface area (Å²) < 4.78 is 5.30. The number of carbonyl (C=O) groups is 3. The van der Waals surface area contributed by atoms with Gasteiger partial charge in [-0.3, -0.25) is 14.4 Å². The monoisotopic (exact) mass is 464 g/mol. The van der Waals surface area contributed by atoms with Crippen molar-refractivity contribution in [1.29, 1.82) is 0 Å². The number of amides is 3. The Morgan fingerprint density at radius 3 is 2.32 bits per heavy atom. The lowest BCUT2D eigenvalue weighted by Gasteiger charge is -2.27. The van der Waals surface area contributed by atoms with Crippen LogP contribution in [0.4, 0.5) is 11.4 Å². The highest BCUT2D eigenvalue weighted by Crippen LogP contribution is 2.19. The van der Waals surface area contributed by atoms with Gasteiger partial charge in [-0.2, -0.15) is 0 Å². The van der Waals surface area contributed by atoms with Gasteiger partial charge in [-0.15, -0.1) is 0 Å². The standard InChI is InChI=1S/C26H32N4O4/c31-24(28-23-11-5-7-20(17-23)26(33)30-12-14-34-15-13-30)18-27-22-10-4-6-19(16-22)25(32)29-21-8-2-1-3-9-21/h4-7,10-11,16-17,21,27H,1-3,8-9,12-15,18H2,(H,28,31)(H,29,32). The second-order valence-corrected chi connectivity index (χ2v) is 8.78. The molecule has 2 aliphatic rings. The molecule has 4 rings (SSSR count). The Bertz CT molecular complexity index is 1010. The minimum absolute atomic E-state index is 0.0370. The molecule has 0 radical (unpaired) electrons. The zero-order valence-corrected chi connectivity index (χ0v) is 19.3. The van der Waals surface area contributed by atoms with Crippen LogP contribution < -0.4 is 16.0 Å². The van der Waals surface area contributed by atoms with Crippen molar-refractivity contribution in [3.63, 3.8) is 0 Å². The summed E-state index contributed by atoms with van der Waals surface area (Å²) in [7, 11) is 0. The fourth-order valence-corrected chi connectivity index (χ4v) is 4.35. The molecule has 1 saturated carbocycles. The van der Waals surface area contributed by atoms with Gasteiger partial charge >= 0.3 is 0 Å². The number of rotatable bonds is 7. The van der Waals surface area contributed by atoms with Crippen LogP contribution in [0.25, 0.3) is 0 Å². The van der Waals surface area contributed by atoms with E-state index in [4.69, 9.17) is 4.74 Å². The first-order chi connectivity index (χ1) is 16.6. The van der Waals surface area contributed by atoms with Crippen LogP contribution in [0.1, 0.15) is 52.8 Å². The average Bonchev–Trinajstić information content (AvgIpc) is 2.88. The van der Waals surface area contributed by atoms with E-state index in [0.717, 1.165) is 25.7 Å². The molecule has 0 bridgehead atoms. The number of hydrogen-bond donors (Lipinski definition) is 3. The summed E-state index contributed by atoms with van der Waals surface area (Å²) in [6.45, 7) is 2.25. The molecule has 3 amide bonds. The van der Waals surface area contributed by atoms with E-state index >= 15 is 0 Å². The van der Waals surface area contributed by atoms with Crippen LogP contribution in [0.5, 0.6) is 0 Å². The maximum absolute atomic E-state index is 12.7. The van der Waals surface area contributed by atoms with Crippen LogP contribution >= 0.6 is 0 Å². The van der Waals surface area contributed by atoms with Gasteiger partial charge < -0.3 is 25.6 Å². The molecule has 1 aliphatic carbocycles. The van der Waals surface area contributed by atoms with Crippen molar-refractivity contribution in [2.24, 2.45) is 0 Å². The second kappa shape index (κ2) is 11.7. The molecule has 1 heterocycles. The van der Waals surface area contributed by atoms with Gasteiger partial charge in [-0.05, 0) is 49.2 Å². The van der Waals surface area contributed by atoms with Gasteiger partial charge in [-0.1, -0.05) is 31.4 Å². The minimum Gasteiger partial charge on any atom is -0.378 e. The van der Waals surface area contributed by atoms with E-state index in [1.165, 1.54) is 6.42 Å². The maximum atomic E-state index is 12.7. The Labute approximate surface area is 200 Å². The summed E-state index contributed by atoms with van der Waals surface area (Å²) in [4.78, 5) is 39.5. The first kappa shape index (κ1) is 23.8. The molecule has 1 aliphatic heterocycles. The van der Waals surface area contributed by atoms with Crippen molar-refractivity contribution in [2.45, 2.75) is 38.1 Å². The van der Waals surface area contributed by atoms with Gasteiger partial charge in [0, 0.05) is 41.6 Å². The quantitative estimate of drug-likeness (QED) is 0.584. The normalized spacial score (nSPS) is 16.5. The van der Waals surface area contributed by atoms with Crippen LogP contribution in [-0.4, -0.2) is 61.5 Å². The lowest BCUT2D eigenvalue weighted by molar-refractivity contribution is -0.114. The Morgan fingerprint density at radius 2 is 1.56 bits per heavy atom. The molecule has 8 nitrogen and oxygen atoms in total. The van der Waals surface area contributed by atoms with Crippen molar-refractivity contribution in [3.8, 4) is 0 Å². The highest BCUT2D eigenvalue weighted by Gasteiger charge is 2.19. The number of nitrogens with one attached hydrogen (secondary N) is 3. The highest BCUT2D eigenvalue weighted by atomic mass is 16.5. The fourth-order valence-electron chi connectivity index (χ4n) is 4.35. The van der Waals surface area contributed by atoms with E-state index in [-0.39, 0.29) is 30.3 Å². The molecule has 0 spiro atoms. The smallest absolute Gasteiger partial charge is 0.254 e. The van der Waals surface area contributed by atoms with Crippen molar-refractivity contribution >= 4 is 29.1 Å². The molecule has 1 saturated heterocycles. The summed E-state index contributed by atoms with van der Waals surface area (Å²) in [5, 5.41) is 9.01. The topological polar surface area (TPSA) is 99.8 Å². The van der Waals surface area contributed by atoms with E-state index in [2.05, 4.69) is 16.0 Å².